The Morgan fingerprint density at radius 3 is 2.52 bits per heavy atom. The fourth-order valence-electron chi connectivity index (χ4n) is 3.30. The van der Waals surface area contributed by atoms with E-state index in [0.717, 1.165) is 0 Å². The van der Waals surface area contributed by atoms with E-state index in [4.69, 9.17) is 44.1 Å². The summed E-state index contributed by atoms with van der Waals surface area (Å²) in [6.45, 7) is 1.38. The van der Waals surface area contributed by atoms with Crippen LogP contribution in [-0.4, -0.2) is 94.5 Å². The molecule has 2 aliphatic heterocycles. The van der Waals surface area contributed by atoms with Crippen molar-refractivity contribution in [3.05, 3.63) is 11.9 Å². The Balaban J connectivity index is 1.39. The molecule has 2 unspecified atom stereocenters. The predicted octanol–water partition coefficient (Wildman–Crippen LogP) is -0.634. The standard InChI is InChI=1S/C16H25B2N3O6/c1-22-7-13-12(4-16(18)26-13)25-9-21-5-10(19-20-21)6-24-8-14-11(23-2)3-15(17)27-14/h5,11-16H,3-4,6-9H2,1-2H3/t11?,12?,13-,14-,15-,16-/m1/s1. The van der Waals surface area contributed by atoms with Crippen molar-refractivity contribution in [2.45, 2.75) is 62.6 Å². The Bertz CT molecular complexity index is 580. The zero-order valence-electron chi connectivity index (χ0n) is 15.7. The van der Waals surface area contributed by atoms with E-state index in [9.17, 15) is 0 Å². The van der Waals surface area contributed by atoms with Crippen molar-refractivity contribution in [3.63, 3.8) is 0 Å². The number of hydrogen-bond acceptors (Lipinski definition) is 8. The fourth-order valence-corrected chi connectivity index (χ4v) is 3.30. The molecule has 3 rings (SSSR count). The van der Waals surface area contributed by atoms with Crippen LogP contribution in [-0.2, 0) is 41.8 Å². The van der Waals surface area contributed by atoms with Gasteiger partial charge in [0, 0.05) is 26.2 Å². The molecule has 3 heterocycles. The second-order valence-corrected chi connectivity index (χ2v) is 6.73. The fraction of sp³-hybridized carbons (Fsp3) is 0.875. The average molecular weight is 377 g/mol. The van der Waals surface area contributed by atoms with Gasteiger partial charge in [-0.2, -0.15) is 0 Å². The Kier molecular flexibility index (Phi) is 7.68. The van der Waals surface area contributed by atoms with Gasteiger partial charge in [-0.1, -0.05) is 5.21 Å². The van der Waals surface area contributed by atoms with Crippen molar-refractivity contribution in [1.82, 2.24) is 15.0 Å². The molecule has 6 atom stereocenters. The van der Waals surface area contributed by atoms with Gasteiger partial charge in [0.2, 0.25) is 0 Å². The van der Waals surface area contributed by atoms with Gasteiger partial charge in [-0.3, -0.25) is 0 Å². The van der Waals surface area contributed by atoms with Crippen molar-refractivity contribution in [1.29, 1.82) is 0 Å². The lowest BCUT2D eigenvalue weighted by molar-refractivity contribution is -0.0679. The van der Waals surface area contributed by atoms with Crippen LogP contribution in [0.1, 0.15) is 18.5 Å². The van der Waals surface area contributed by atoms with Gasteiger partial charge in [-0.05, 0) is 12.8 Å². The molecule has 0 aliphatic carbocycles. The second kappa shape index (κ2) is 9.99. The summed E-state index contributed by atoms with van der Waals surface area (Å²) in [6.07, 6.45) is 2.51. The molecule has 0 spiro atoms. The minimum absolute atomic E-state index is 0.0517. The van der Waals surface area contributed by atoms with E-state index in [1.54, 1.807) is 25.1 Å². The van der Waals surface area contributed by atoms with Gasteiger partial charge < -0.3 is 28.4 Å². The van der Waals surface area contributed by atoms with E-state index in [0.29, 0.717) is 38.4 Å². The van der Waals surface area contributed by atoms with Gasteiger partial charge >= 0.3 is 0 Å². The van der Waals surface area contributed by atoms with Gasteiger partial charge in [0.05, 0.1) is 38.2 Å². The van der Waals surface area contributed by atoms with E-state index >= 15 is 0 Å². The van der Waals surface area contributed by atoms with Crippen LogP contribution in [0.5, 0.6) is 0 Å². The zero-order valence-corrected chi connectivity index (χ0v) is 15.7. The monoisotopic (exact) mass is 377 g/mol. The van der Waals surface area contributed by atoms with Crippen LogP contribution in [0, 0.1) is 0 Å². The first-order chi connectivity index (χ1) is 13.1. The maximum absolute atomic E-state index is 5.85. The lowest BCUT2D eigenvalue weighted by Crippen LogP contribution is -2.29. The third-order valence-corrected chi connectivity index (χ3v) is 4.63. The minimum atomic E-state index is -0.336. The minimum Gasteiger partial charge on any atom is -0.382 e. The summed E-state index contributed by atoms with van der Waals surface area (Å²) in [7, 11) is 14.9. The Morgan fingerprint density at radius 1 is 1.11 bits per heavy atom. The molecule has 9 nitrogen and oxygen atoms in total. The number of nitrogens with zero attached hydrogens (tertiary/aromatic N) is 3. The molecule has 0 amide bonds. The highest BCUT2D eigenvalue weighted by atomic mass is 16.6. The molecule has 0 saturated carbocycles. The van der Waals surface area contributed by atoms with Gasteiger partial charge in [-0.25, -0.2) is 4.68 Å². The molecule has 1 aromatic rings. The summed E-state index contributed by atoms with van der Waals surface area (Å²) in [6, 6.07) is -0.645. The third-order valence-electron chi connectivity index (χ3n) is 4.63. The molecule has 146 valence electrons. The maximum atomic E-state index is 5.85. The lowest BCUT2D eigenvalue weighted by atomic mass is 9.96. The molecule has 11 heteroatoms. The van der Waals surface area contributed by atoms with Crippen molar-refractivity contribution < 1.29 is 28.4 Å². The van der Waals surface area contributed by atoms with Crippen LogP contribution >= 0.6 is 0 Å². The van der Waals surface area contributed by atoms with Gasteiger partial charge in [0.25, 0.3) is 0 Å². The van der Waals surface area contributed by atoms with E-state index in [-0.39, 0.29) is 43.2 Å². The van der Waals surface area contributed by atoms with Crippen LogP contribution in [0.2, 0.25) is 0 Å². The molecule has 2 aliphatic rings. The molecule has 4 radical (unpaired) electrons. The number of ether oxygens (including phenoxy) is 6. The molecular formula is C16H25B2N3O6. The first-order valence-electron chi connectivity index (χ1n) is 9.01. The maximum Gasteiger partial charge on any atom is 0.141 e. The summed E-state index contributed by atoms with van der Waals surface area (Å²) in [5.41, 5.74) is 0.697. The molecule has 2 fully saturated rings. The number of hydrogen-bond donors (Lipinski definition) is 0. The second-order valence-electron chi connectivity index (χ2n) is 6.73. The Morgan fingerprint density at radius 2 is 1.81 bits per heavy atom. The highest BCUT2D eigenvalue weighted by Crippen LogP contribution is 2.23. The van der Waals surface area contributed by atoms with E-state index < -0.39 is 0 Å². The highest BCUT2D eigenvalue weighted by Gasteiger charge is 2.34. The summed E-state index contributed by atoms with van der Waals surface area (Å²) in [5.74, 6) is 0. The molecule has 0 N–H and O–H groups in total. The molecule has 27 heavy (non-hydrogen) atoms. The quantitative estimate of drug-likeness (QED) is 0.499. The predicted molar refractivity (Wildman–Crippen MR) is 95.3 cm³/mol. The van der Waals surface area contributed by atoms with Crippen LogP contribution in [0.3, 0.4) is 0 Å². The van der Waals surface area contributed by atoms with Crippen LogP contribution < -0.4 is 0 Å². The third kappa shape index (κ3) is 5.75. The topological polar surface area (TPSA) is 86.1 Å². The summed E-state index contributed by atoms with van der Waals surface area (Å²) >= 11 is 0. The summed E-state index contributed by atoms with van der Waals surface area (Å²) in [4.78, 5) is 0. The molecule has 0 bridgehead atoms. The smallest absolute Gasteiger partial charge is 0.141 e. The Labute approximate surface area is 161 Å². The van der Waals surface area contributed by atoms with Crippen LogP contribution in [0.15, 0.2) is 6.20 Å². The average Bonchev–Trinajstić information content (AvgIpc) is 3.33. The van der Waals surface area contributed by atoms with Gasteiger partial charge in [0.1, 0.15) is 40.3 Å². The van der Waals surface area contributed by atoms with Crippen molar-refractivity contribution in [3.8, 4) is 0 Å². The lowest BCUT2D eigenvalue weighted by Gasteiger charge is -2.18. The van der Waals surface area contributed by atoms with E-state index in [2.05, 4.69) is 10.3 Å². The largest absolute Gasteiger partial charge is 0.382 e. The molecule has 2 saturated heterocycles. The highest BCUT2D eigenvalue weighted by molar-refractivity contribution is 6.11. The van der Waals surface area contributed by atoms with E-state index in [1.165, 1.54) is 0 Å². The van der Waals surface area contributed by atoms with Crippen LogP contribution in [0.4, 0.5) is 0 Å². The van der Waals surface area contributed by atoms with E-state index in [1.807, 2.05) is 0 Å². The van der Waals surface area contributed by atoms with Crippen LogP contribution in [0.25, 0.3) is 0 Å². The van der Waals surface area contributed by atoms with Gasteiger partial charge in [-0.15, -0.1) is 5.10 Å². The van der Waals surface area contributed by atoms with Gasteiger partial charge in [0.15, 0.2) is 0 Å². The first kappa shape index (κ1) is 20.8. The zero-order chi connectivity index (χ0) is 19.2. The SMILES string of the molecule is [B][C@H]1CC(OC)[C@@H](COCc2cn(COC3C[C@H]([B])O[C@@H]3COC)nn2)O1. The van der Waals surface area contributed by atoms with Crippen molar-refractivity contribution >= 4 is 15.7 Å². The number of rotatable bonds is 10. The molecular weight excluding hydrogens is 352 g/mol. The summed E-state index contributed by atoms with van der Waals surface area (Å²) < 4.78 is 34.7. The number of aromatic nitrogens is 3. The van der Waals surface area contributed by atoms with Crippen molar-refractivity contribution in [2.24, 2.45) is 0 Å². The molecule has 0 aromatic carbocycles. The summed E-state index contributed by atoms with van der Waals surface area (Å²) in [5, 5.41) is 8.12. The number of methoxy groups -OCH3 is 2. The van der Waals surface area contributed by atoms with Crippen molar-refractivity contribution in [2.75, 3.05) is 27.4 Å². The normalized spacial score (nSPS) is 33.7. The molecule has 1 aromatic heterocycles. The Hall–Kier alpha value is -0.970. The first-order valence-corrected chi connectivity index (χ1v) is 9.01.